The van der Waals surface area contributed by atoms with Gasteiger partial charge in [0.2, 0.25) is 0 Å². The number of halogens is 1. The Morgan fingerprint density at radius 3 is 2.21 bits per heavy atom. The predicted octanol–water partition coefficient (Wildman–Crippen LogP) is 0.623. The molecule has 1 aliphatic rings. The van der Waals surface area contributed by atoms with Gasteiger partial charge >= 0.3 is 5.97 Å². The van der Waals surface area contributed by atoms with Crippen LogP contribution in [-0.2, 0) is 14.3 Å². The Bertz CT molecular complexity index is 175. The number of carbonyl (C=O) groups is 2. The number of rotatable bonds is 3. The molecule has 0 saturated heterocycles. The van der Waals surface area contributed by atoms with Gasteiger partial charge in [0, 0.05) is 24.1 Å². The Balaban J connectivity index is 0.000000280. The van der Waals surface area contributed by atoms with Crippen molar-refractivity contribution in [3.63, 3.8) is 0 Å². The van der Waals surface area contributed by atoms with Crippen LogP contribution >= 0.6 is 15.9 Å². The first-order valence-corrected chi connectivity index (χ1v) is 5.41. The molecule has 0 unspecified atom stereocenters. The molecule has 0 aliphatic heterocycles. The van der Waals surface area contributed by atoms with Gasteiger partial charge in [-0.2, -0.15) is 0 Å². The Morgan fingerprint density at radius 2 is 2.00 bits per heavy atom. The topological polar surface area (TPSA) is 66.4 Å². The molecule has 0 atom stereocenters. The third-order valence-corrected chi connectivity index (χ3v) is 2.56. The highest BCUT2D eigenvalue weighted by atomic mass is 79.9. The van der Waals surface area contributed by atoms with Crippen LogP contribution in [0.5, 0.6) is 0 Å². The summed E-state index contributed by atoms with van der Waals surface area (Å²) >= 11 is 3.46. The van der Waals surface area contributed by atoms with E-state index in [1.54, 1.807) is 0 Å². The molecule has 5 heteroatoms. The molecule has 82 valence electrons. The van der Waals surface area contributed by atoms with Crippen LogP contribution in [0, 0.1) is 0 Å². The summed E-state index contributed by atoms with van der Waals surface area (Å²) in [6.45, 7) is 1.12. The minimum absolute atomic E-state index is 0.0995. The molecule has 1 saturated carbocycles. The van der Waals surface area contributed by atoms with Crippen molar-refractivity contribution in [2.24, 2.45) is 0 Å². The predicted molar refractivity (Wildman–Crippen MR) is 52.8 cm³/mol. The summed E-state index contributed by atoms with van der Waals surface area (Å²) in [7, 11) is 0. The third-order valence-electron chi connectivity index (χ3n) is 1.65. The first-order valence-electron chi connectivity index (χ1n) is 4.49. The quantitative estimate of drug-likeness (QED) is 0.555. The van der Waals surface area contributed by atoms with Gasteiger partial charge in [-0.05, 0) is 12.8 Å². The zero-order chi connectivity index (χ0) is 11.0. The number of ether oxygens (including phenoxy) is 1. The normalized spacial score (nSPS) is 14.7. The number of carboxylic acid groups (broad SMARTS) is 1. The number of hydrogen-bond acceptors (Lipinski definition) is 4. The molecule has 0 aromatic carbocycles. The second-order valence-electron chi connectivity index (χ2n) is 2.99. The summed E-state index contributed by atoms with van der Waals surface area (Å²) in [4.78, 5) is 20.5. The van der Waals surface area contributed by atoms with Crippen molar-refractivity contribution in [1.29, 1.82) is 0 Å². The molecular formula is C9H14BrO4-. The van der Waals surface area contributed by atoms with Gasteiger partial charge in [0.25, 0.3) is 0 Å². The highest BCUT2D eigenvalue weighted by Crippen LogP contribution is 2.25. The SMILES string of the molecule is BrC1CCC1.CC(=O)OCCC(=O)[O-]. The van der Waals surface area contributed by atoms with Gasteiger partial charge in [0.1, 0.15) is 0 Å². The summed E-state index contributed by atoms with van der Waals surface area (Å²) in [6.07, 6.45) is 4.01. The molecule has 0 radical (unpaired) electrons. The summed E-state index contributed by atoms with van der Waals surface area (Å²) in [5.41, 5.74) is 0. The lowest BCUT2D eigenvalue weighted by molar-refractivity contribution is -0.306. The van der Waals surface area contributed by atoms with E-state index in [2.05, 4.69) is 20.7 Å². The van der Waals surface area contributed by atoms with Crippen molar-refractivity contribution in [3.05, 3.63) is 0 Å². The first kappa shape index (κ1) is 13.4. The van der Waals surface area contributed by atoms with Crippen LogP contribution in [0.25, 0.3) is 0 Å². The summed E-state index contributed by atoms with van der Waals surface area (Å²) in [6, 6.07) is 0. The molecule has 0 aromatic heterocycles. The molecule has 0 bridgehead atoms. The maximum Gasteiger partial charge on any atom is 0.302 e. The zero-order valence-corrected chi connectivity index (χ0v) is 9.71. The van der Waals surface area contributed by atoms with E-state index < -0.39 is 11.9 Å². The molecule has 0 amide bonds. The minimum atomic E-state index is -1.21. The number of aliphatic carboxylic acids is 1. The molecule has 1 fully saturated rings. The van der Waals surface area contributed by atoms with E-state index in [1.165, 1.54) is 26.2 Å². The van der Waals surface area contributed by atoms with E-state index in [-0.39, 0.29) is 13.0 Å². The highest BCUT2D eigenvalue weighted by molar-refractivity contribution is 9.09. The second kappa shape index (κ2) is 7.79. The Labute approximate surface area is 91.8 Å². The fraction of sp³-hybridized carbons (Fsp3) is 0.778. The number of carbonyl (C=O) groups excluding carboxylic acids is 2. The van der Waals surface area contributed by atoms with Crippen LogP contribution in [0.2, 0.25) is 0 Å². The van der Waals surface area contributed by atoms with Crippen molar-refractivity contribution in [3.8, 4) is 0 Å². The Morgan fingerprint density at radius 1 is 1.50 bits per heavy atom. The van der Waals surface area contributed by atoms with Gasteiger partial charge in [-0.25, -0.2) is 0 Å². The molecule has 14 heavy (non-hydrogen) atoms. The smallest absolute Gasteiger partial charge is 0.302 e. The highest BCUT2D eigenvalue weighted by Gasteiger charge is 2.11. The van der Waals surface area contributed by atoms with Gasteiger partial charge in [0.15, 0.2) is 0 Å². The summed E-state index contributed by atoms with van der Waals surface area (Å²) < 4.78 is 4.29. The largest absolute Gasteiger partial charge is 0.550 e. The van der Waals surface area contributed by atoms with Crippen LogP contribution in [0.4, 0.5) is 0 Å². The fourth-order valence-corrected chi connectivity index (χ4v) is 1.28. The van der Waals surface area contributed by atoms with E-state index in [1.807, 2.05) is 0 Å². The maximum atomic E-state index is 9.99. The van der Waals surface area contributed by atoms with Crippen LogP contribution in [0.3, 0.4) is 0 Å². The minimum Gasteiger partial charge on any atom is -0.550 e. The maximum absolute atomic E-state index is 9.99. The molecule has 0 aromatic rings. The van der Waals surface area contributed by atoms with Gasteiger partial charge in [-0.1, -0.05) is 22.4 Å². The van der Waals surface area contributed by atoms with Crippen LogP contribution in [-0.4, -0.2) is 23.4 Å². The lowest BCUT2D eigenvalue weighted by Crippen LogP contribution is -2.23. The van der Waals surface area contributed by atoms with E-state index in [0.29, 0.717) is 0 Å². The Hall–Kier alpha value is -0.580. The van der Waals surface area contributed by atoms with Crippen molar-refractivity contribution in [2.75, 3.05) is 6.61 Å². The number of carboxylic acids is 1. The van der Waals surface area contributed by atoms with Crippen molar-refractivity contribution in [1.82, 2.24) is 0 Å². The zero-order valence-electron chi connectivity index (χ0n) is 8.12. The van der Waals surface area contributed by atoms with Crippen LogP contribution in [0.15, 0.2) is 0 Å². The average molecular weight is 266 g/mol. The molecule has 4 nitrogen and oxygen atoms in total. The molecule has 0 N–H and O–H groups in total. The van der Waals surface area contributed by atoms with Crippen molar-refractivity contribution in [2.45, 2.75) is 37.4 Å². The van der Waals surface area contributed by atoms with E-state index in [9.17, 15) is 14.7 Å². The lowest BCUT2D eigenvalue weighted by atomic mass is 10.0. The third kappa shape index (κ3) is 9.51. The molecule has 1 rings (SSSR count). The monoisotopic (exact) mass is 265 g/mol. The van der Waals surface area contributed by atoms with Crippen LogP contribution < -0.4 is 5.11 Å². The summed E-state index contributed by atoms with van der Waals surface area (Å²) in [5, 5.41) is 9.68. The molecule has 0 heterocycles. The van der Waals surface area contributed by atoms with Gasteiger partial charge in [-0.3, -0.25) is 4.79 Å². The van der Waals surface area contributed by atoms with E-state index in [4.69, 9.17) is 0 Å². The number of alkyl halides is 1. The first-order chi connectivity index (χ1) is 6.52. The molecular weight excluding hydrogens is 252 g/mol. The average Bonchev–Trinajstić information content (AvgIpc) is 2.00. The standard InChI is InChI=1S/C5H8O4.C4H7Br/c1-4(6)9-3-2-5(7)8;5-4-2-1-3-4/h2-3H2,1H3,(H,7,8);4H,1-3H2/p-1. The second-order valence-corrected chi connectivity index (χ2v) is 4.29. The van der Waals surface area contributed by atoms with E-state index >= 15 is 0 Å². The number of hydrogen-bond donors (Lipinski definition) is 0. The number of esters is 1. The van der Waals surface area contributed by atoms with Gasteiger partial charge in [0.05, 0.1) is 6.61 Å². The lowest BCUT2D eigenvalue weighted by Gasteiger charge is -2.16. The van der Waals surface area contributed by atoms with Crippen molar-refractivity contribution < 1.29 is 19.4 Å². The molecule has 1 aliphatic carbocycles. The van der Waals surface area contributed by atoms with Crippen molar-refractivity contribution >= 4 is 27.9 Å². The summed E-state index contributed by atoms with van der Waals surface area (Å²) in [5.74, 6) is -1.69. The fourth-order valence-electron chi connectivity index (χ4n) is 0.637. The Kier molecular flexibility index (Phi) is 7.47. The van der Waals surface area contributed by atoms with Gasteiger partial charge < -0.3 is 14.6 Å². The molecule has 0 spiro atoms. The van der Waals surface area contributed by atoms with Gasteiger partial charge in [-0.15, -0.1) is 0 Å². The van der Waals surface area contributed by atoms with Crippen LogP contribution in [0.1, 0.15) is 32.6 Å². The van der Waals surface area contributed by atoms with E-state index in [0.717, 1.165) is 4.83 Å².